The van der Waals surface area contributed by atoms with Gasteiger partial charge in [0.2, 0.25) is 0 Å². The van der Waals surface area contributed by atoms with Gasteiger partial charge in [0, 0.05) is 5.56 Å². The Labute approximate surface area is 152 Å². The zero-order chi connectivity index (χ0) is 19.8. The second-order valence-electron chi connectivity index (χ2n) is 5.93. The molecule has 142 valence electrons. The number of alkyl halides is 3. The van der Waals surface area contributed by atoms with Gasteiger partial charge in [-0.3, -0.25) is 4.79 Å². The largest absolute Gasteiger partial charge is 0.508 e. The Balaban J connectivity index is 2.03. The number of phenols is 1. The van der Waals surface area contributed by atoms with Crippen LogP contribution in [0.25, 0.3) is 0 Å². The van der Waals surface area contributed by atoms with Crippen molar-refractivity contribution in [3.8, 4) is 11.5 Å². The number of carbonyl (C=O) groups excluding carboxylic acids is 1. The molecular weight excluding hydrogens is 365 g/mol. The standard InChI is InChI=1S/C18H15F3N2O4/c1-27-14-7-5-11(6-8-14)15-10-17(26,18(19,20)21)23(22-15)16(25)12-3-2-4-13(24)9-12/h2-9,24,26H,10H2,1H3/t17-/m0/s1. The number of hydrazone groups is 1. The molecule has 0 aromatic heterocycles. The topological polar surface area (TPSA) is 82.4 Å². The van der Waals surface area contributed by atoms with Gasteiger partial charge in [-0.25, -0.2) is 0 Å². The van der Waals surface area contributed by atoms with Gasteiger partial charge in [-0.05, 0) is 48.0 Å². The Morgan fingerprint density at radius 2 is 1.89 bits per heavy atom. The molecule has 0 fully saturated rings. The minimum Gasteiger partial charge on any atom is -0.508 e. The highest BCUT2D eigenvalue weighted by Gasteiger charge is 2.63. The number of hydrogen-bond donors (Lipinski definition) is 2. The molecule has 2 aromatic carbocycles. The third-order valence-electron chi connectivity index (χ3n) is 4.15. The highest BCUT2D eigenvalue weighted by molar-refractivity contribution is 6.05. The van der Waals surface area contributed by atoms with Gasteiger partial charge in [-0.2, -0.15) is 23.3 Å². The van der Waals surface area contributed by atoms with Gasteiger partial charge in [0.15, 0.2) is 0 Å². The van der Waals surface area contributed by atoms with Crippen LogP contribution in [-0.4, -0.2) is 45.9 Å². The summed E-state index contributed by atoms with van der Waals surface area (Å²) in [4.78, 5) is 12.6. The molecule has 2 aromatic rings. The van der Waals surface area contributed by atoms with Crippen molar-refractivity contribution < 1.29 is 32.9 Å². The quantitative estimate of drug-likeness (QED) is 0.858. The fourth-order valence-electron chi connectivity index (χ4n) is 2.69. The molecule has 1 aliphatic rings. The summed E-state index contributed by atoms with van der Waals surface area (Å²) in [5, 5.41) is 23.5. The summed E-state index contributed by atoms with van der Waals surface area (Å²) >= 11 is 0. The second-order valence-corrected chi connectivity index (χ2v) is 5.93. The fraction of sp³-hybridized carbons (Fsp3) is 0.222. The zero-order valence-electron chi connectivity index (χ0n) is 14.1. The van der Waals surface area contributed by atoms with Crippen molar-refractivity contribution in [2.75, 3.05) is 7.11 Å². The van der Waals surface area contributed by atoms with Crippen LogP contribution in [0.5, 0.6) is 11.5 Å². The molecular formula is C18H15F3N2O4. The lowest BCUT2D eigenvalue weighted by Crippen LogP contribution is -2.56. The number of benzene rings is 2. The number of aromatic hydroxyl groups is 1. The molecule has 0 spiro atoms. The molecule has 0 radical (unpaired) electrons. The Hall–Kier alpha value is -3.07. The minimum atomic E-state index is -5.14. The number of aliphatic hydroxyl groups is 1. The van der Waals surface area contributed by atoms with Crippen LogP contribution in [0.2, 0.25) is 0 Å². The number of halogens is 3. The van der Waals surface area contributed by atoms with Gasteiger partial charge in [-0.15, -0.1) is 0 Å². The van der Waals surface area contributed by atoms with Crippen molar-refractivity contribution in [3.05, 3.63) is 59.7 Å². The highest BCUT2D eigenvalue weighted by atomic mass is 19.4. The van der Waals surface area contributed by atoms with Crippen LogP contribution in [0.3, 0.4) is 0 Å². The average Bonchev–Trinajstić information content (AvgIpc) is 3.00. The summed E-state index contributed by atoms with van der Waals surface area (Å²) in [5.74, 6) is -0.986. The molecule has 1 heterocycles. The summed E-state index contributed by atoms with van der Waals surface area (Å²) < 4.78 is 45.7. The number of nitrogens with zero attached hydrogens (tertiary/aromatic N) is 2. The van der Waals surface area contributed by atoms with Crippen LogP contribution in [-0.2, 0) is 0 Å². The average molecular weight is 380 g/mol. The first kappa shape index (κ1) is 18.7. The van der Waals surface area contributed by atoms with Crippen LogP contribution in [0.4, 0.5) is 13.2 Å². The van der Waals surface area contributed by atoms with Gasteiger partial charge in [0.05, 0.1) is 19.2 Å². The van der Waals surface area contributed by atoms with E-state index in [1.54, 1.807) is 0 Å². The Morgan fingerprint density at radius 1 is 1.22 bits per heavy atom. The summed E-state index contributed by atoms with van der Waals surface area (Å²) in [7, 11) is 1.44. The van der Waals surface area contributed by atoms with Gasteiger partial charge in [0.25, 0.3) is 11.6 Å². The summed E-state index contributed by atoms with van der Waals surface area (Å²) in [6, 6.07) is 10.8. The van der Waals surface area contributed by atoms with Crippen molar-refractivity contribution in [2.24, 2.45) is 5.10 Å². The lowest BCUT2D eigenvalue weighted by Gasteiger charge is -2.32. The molecule has 0 saturated carbocycles. The Morgan fingerprint density at radius 3 is 2.44 bits per heavy atom. The normalized spacial score (nSPS) is 19.7. The smallest absolute Gasteiger partial charge is 0.438 e. The van der Waals surface area contributed by atoms with Crippen molar-refractivity contribution in [2.45, 2.75) is 18.3 Å². The number of phenolic OH excluding ortho intramolecular Hbond substituents is 1. The number of rotatable bonds is 3. The van der Waals surface area contributed by atoms with E-state index in [-0.39, 0.29) is 22.0 Å². The van der Waals surface area contributed by atoms with Crippen molar-refractivity contribution in [3.63, 3.8) is 0 Å². The lowest BCUT2D eigenvalue weighted by molar-refractivity contribution is -0.297. The van der Waals surface area contributed by atoms with E-state index in [9.17, 15) is 28.2 Å². The highest BCUT2D eigenvalue weighted by Crippen LogP contribution is 2.42. The third-order valence-corrected chi connectivity index (χ3v) is 4.15. The number of methoxy groups -OCH3 is 1. The second kappa shape index (κ2) is 6.58. The molecule has 1 amide bonds. The molecule has 0 saturated heterocycles. The van der Waals surface area contributed by atoms with Gasteiger partial charge in [0.1, 0.15) is 11.5 Å². The summed E-state index contributed by atoms with van der Waals surface area (Å²) in [5.41, 5.74) is -3.53. The zero-order valence-corrected chi connectivity index (χ0v) is 14.1. The maximum absolute atomic E-state index is 13.6. The van der Waals surface area contributed by atoms with E-state index in [0.717, 1.165) is 6.07 Å². The lowest BCUT2D eigenvalue weighted by atomic mass is 10.0. The molecule has 1 aliphatic heterocycles. The van der Waals surface area contributed by atoms with Crippen molar-refractivity contribution >= 4 is 11.6 Å². The maximum Gasteiger partial charge on any atom is 0.438 e. The van der Waals surface area contributed by atoms with E-state index >= 15 is 0 Å². The molecule has 0 bridgehead atoms. The molecule has 9 heteroatoms. The summed E-state index contributed by atoms with van der Waals surface area (Å²) in [6.45, 7) is 0. The fourth-order valence-corrected chi connectivity index (χ4v) is 2.69. The molecule has 0 unspecified atom stereocenters. The molecule has 27 heavy (non-hydrogen) atoms. The Kier molecular flexibility index (Phi) is 4.56. The van der Waals surface area contributed by atoms with Gasteiger partial charge >= 0.3 is 6.18 Å². The van der Waals surface area contributed by atoms with E-state index < -0.39 is 24.2 Å². The molecule has 3 rings (SSSR count). The predicted octanol–water partition coefficient (Wildman–Crippen LogP) is 2.90. The third kappa shape index (κ3) is 3.33. The van der Waals surface area contributed by atoms with E-state index in [0.29, 0.717) is 11.3 Å². The van der Waals surface area contributed by atoms with Crippen LogP contribution in [0.1, 0.15) is 22.3 Å². The molecule has 0 aliphatic carbocycles. The first-order chi connectivity index (χ1) is 12.7. The van der Waals surface area contributed by atoms with E-state index in [4.69, 9.17) is 4.74 Å². The monoisotopic (exact) mass is 380 g/mol. The number of amides is 1. The number of ether oxygens (including phenoxy) is 1. The number of carbonyl (C=O) groups is 1. The van der Waals surface area contributed by atoms with Crippen molar-refractivity contribution in [1.29, 1.82) is 0 Å². The molecule has 1 atom stereocenters. The van der Waals surface area contributed by atoms with Gasteiger partial charge < -0.3 is 14.9 Å². The molecule has 6 nitrogen and oxygen atoms in total. The first-order valence-electron chi connectivity index (χ1n) is 7.80. The minimum absolute atomic E-state index is 0.0152. The van der Waals surface area contributed by atoms with E-state index in [2.05, 4.69) is 5.10 Å². The van der Waals surface area contributed by atoms with Crippen LogP contribution in [0, 0.1) is 0 Å². The van der Waals surface area contributed by atoms with Crippen molar-refractivity contribution in [1.82, 2.24) is 5.01 Å². The Bertz CT molecular complexity index is 896. The molecule has 2 N–H and O–H groups in total. The van der Waals surface area contributed by atoms with E-state index in [1.165, 1.54) is 49.6 Å². The van der Waals surface area contributed by atoms with Crippen LogP contribution < -0.4 is 4.74 Å². The SMILES string of the molecule is COc1ccc(C2=NN(C(=O)c3cccc(O)c3)[C@@](O)(C(F)(F)F)C2)cc1. The van der Waals surface area contributed by atoms with E-state index in [1.807, 2.05) is 0 Å². The first-order valence-corrected chi connectivity index (χ1v) is 7.80. The van der Waals surface area contributed by atoms with Crippen LogP contribution in [0.15, 0.2) is 53.6 Å². The maximum atomic E-state index is 13.6. The summed E-state index contributed by atoms with van der Waals surface area (Å²) in [6.07, 6.45) is -6.06. The van der Waals surface area contributed by atoms with Crippen LogP contribution >= 0.6 is 0 Å². The predicted molar refractivity (Wildman–Crippen MR) is 89.4 cm³/mol. The number of hydrogen-bond acceptors (Lipinski definition) is 5. The van der Waals surface area contributed by atoms with Gasteiger partial charge in [-0.1, -0.05) is 6.07 Å².